The Morgan fingerprint density at radius 2 is 2.14 bits per heavy atom. The highest BCUT2D eigenvalue weighted by Crippen LogP contribution is 2.18. The molecule has 0 aromatic carbocycles. The van der Waals surface area contributed by atoms with Gasteiger partial charge in [0.25, 0.3) is 0 Å². The molecule has 3 nitrogen and oxygen atoms in total. The Kier molecular flexibility index (Phi) is 4.35. The molecule has 1 heterocycles. The molecule has 0 aromatic rings. The maximum Gasteiger partial charge on any atom is 0.0702 e. The number of nitrogens with two attached hydrogens (primary N) is 1. The van der Waals surface area contributed by atoms with E-state index in [0.717, 1.165) is 19.6 Å². The summed E-state index contributed by atoms with van der Waals surface area (Å²) in [7, 11) is 2.15. The van der Waals surface area contributed by atoms with Gasteiger partial charge in [-0.15, -0.1) is 0 Å². The van der Waals surface area contributed by atoms with Crippen LogP contribution in [0.5, 0.6) is 0 Å². The van der Waals surface area contributed by atoms with Gasteiger partial charge in [-0.1, -0.05) is 13.8 Å². The zero-order valence-electron chi connectivity index (χ0n) is 9.86. The van der Waals surface area contributed by atoms with Crippen molar-refractivity contribution >= 4 is 0 Å². The van der Waals surface area contributed by atoms with Crippen molar-refractivity contribution < 1.29 is 4.74 Å². The van der Waals surface area contributed by atoms with Crippen molar-refractivity contribution in [1.29, 1.82) is 0 Å². The molecule has 0 amide bonds. The molecule has 1 rings (SSSR count). The Balaban J connectivity index is 2.37. The molecule has 14 heavy (non-hydrogen) atoms. The first-order valence-corrected chi connectivity index (χ1v) is 5.59. The van der Waals surface area contributed by atoms with Gasteiger partial charge in [0.05, 0.1) is 6.10 Å². The van der Waals surface area contributed by atoms with E-state index in [2.05, 4.69) is 32.7 Å². The van der Waals surface area contributed by atoms with E-state index in [1.807, 2.05) is 0 Å². The van der Waals surface area contributed by atoms with Crippen LogP contribution in [0, 0.1) is 5.92 Å². The average molecular weight is 200 g/mol. The fourth-order valence-corrected chi connectivity index (χ4v) is 1.98. The third-order valence-corrected chi connectivity index (χ3v) is 3.26. The predicted molar refractivity (Wildman–Crippen MR) is 59.3 cm³/mol. The summed E-state index contributed by atoms with van der Waals surface area (Å²) in [5.41, 5.74) is 6.05. The van der Waals surface area contributed by atoms with Gasteiger partial charge in [-0.3, -0.25) is 4.90 Å². The Hall–Kier alpha value is -0.120. The van der Waals surface area contributed by atoms with Crippen LogP contribution in [0.1, 0.15) is 27.2 Å². The summed E-state index contributed by atoms with van der Waals surface area (Å²) in [5, 5.41) is 0. The average Bonchev–Trinajstić information content (AvgIpc) is 2.51. The summed E-state index contributed by atoms with van der Waals surface area (Å²) in [6.07, 6.45) is 1.50. The minimum Gasteiger partial charge on any atom is -0.377 e. The maximum absolute atomic E-state index is 6.05. The summed E-state index contributed by atoms with van der Waals surface area (Å²) in [6, 6.07) is 0.826. The van der Waals surface area contributed by atoms with E-state index in [0.29, 0.717) is 18.1 Å². The van der Waals surface area contributed by atoms with Gasteiger partial charge in [0.1, 0.15) is 0 Å². The second kappa shape index (κ2) is 5.10. The van der Waals surface area contributed by atoms with Crippen molar-refractivity contribution in [1.82, 2.24) is 4.90 Å². The number of nitrogens with zero attached hydrogens (tertiary/aromatic N) is 1. The van der Waals surface area contributed by atoms with E-state index in [9.17, 15) is 0 Å². The van der Waals surface area contributed by atoms with Crippen LogP contribution in [0.2, 0.25) is 0 Å². The molecule has 0 aliphatic carbocycles. The molecule has 0 saturated carbocycles. The number of hydrogen-bond acceptors (Lipinski definition) is 3. The lowest BCUT2D eigenvalue weighted by Gasteiger charge is -2.30. The fraction of sp³-hybridized carbons (Fsp3) is 1.00. The topological polar surface area (TPSA) is 38.5 Å². The summed E-state index contributed by atoms with van der Waals surface area (Å²) in [6.45, 7) is 8.36. The molecule has 0 aromatic heterocycles. The van der Waals surface area contributed by atoms with Gasteiger partial charge >= 0.3 is 0 Å². The number of hydrogen-bond donors (Lipinski definition) is 1. The molecular weight excluding hydrogens is 176 g/mol. The van der Waals surface area contributed by atoms with Crippen LogP contribution >= 0.6 is 0 Å². The highest BCUT2D eigenvalue weighted by Gasteiger charge is 2.28. The Bertz CT molecular complexity index is 173. The van der Waals surface area contributed by atoms with Crippen molar-refractivity contribution in [2.24, 2.45) is 11.7 Å². The second-order valence-corrected chi connectivity index (χ2v) is 4.78. The standard InChI is InChI=1S/C11H24N2O/c1-8(2)10(12)7-13(4)11-5-6-14-9(11)3/h8-11H,5-7,12H2,1-4H3. The molecule has 2 N–H and O–H groups in total. The van der Waals surface area contributed by atoms with Crippen molar-refractivity contribution in [2.45, 2.75) is 45.4 Å². The van der Waals surface area contributed by atoms with Gasteiger partial charge in [0.2, 0.25) is 0 Å². The second-order valence-electron chi connectivity index (χ2n) is 4.78. The first kappa shape index (κ1) is 12.0. The van der Waals surface area contributed by atoms with Crippen LogP contribution in [-0.4, -0.2) is 43.3 Å². The normalized spacial score (nSPS) is 30.2. The van der Waals surface area contributed by atoms with Crippen molar-refractivity contribution in [3.05, 3.63) is 0 Å². The van der Waals surface area contributed by atoms with Gasteiger partial charge in [0, 0.05) is 25.2 Å². The first-order valence-electron chi connectivity index (χ1n) is 5.59. The van der Waals surface area contributed by atoms with Gasteiger partial charge < -0.3 is 10.5 Å². The maximum atomic E-state index is 6.05. The highest BCUT2D eigenvalue weighted by atomic mass is 16.5. The smallest absolute Gasteiger partial charge is 0.0702 e. The monoisotopic (exact) mass is 200 g/mol. The summed E-state index contributed by atoms with van der Waals surface area (Å²) in [5.74, 6) is 0.551. The third-order valence-electron chi connectivity index (χ3n) is 3.26. The van der Waals surface area contributed by atoms with Crippen LogP contribution in [0.15, 0.2) is 0 Å². The highest BCUT2D eigenvalue weighted by molar-refractivity contribution is 4.82. The van der Waals surface area contributed by atoms with Crippen molar-refractivity contribution in [2.75, 3.05) is 20.2 Å². The number of ether oxygens (including phenoxy) is 1. The quantitative estimate of drug-likeness (QED) is 0.738. The Morgan fingerprint density at radius 3 is 2.57 bits per heavy atom. The molecule has 0 spiro atoms. The SMILES string of the molecule is CC(C)C(N)CN(C)C1CCOC1C. The molecule has 1 saturated heterocycles. The number of likely N-dealkylation sites (N-methyl/N-ethyl adjacent to an activating group) is 1. The molecule has 1 aliphatic rings. The van der Waals surface area contributed by atoms with Crippen LogP contribution in [0.4, 0.5) is 0 Å². The molecule has 0 radical (unpaired) electrons. The van der Waals surface area contributed by atoms with E-state index in [1.54, 1.807) is 0 Å². The Labute approximate surface area is 87.6 Å². The van der Waals surface area contributed by atoms with Gasteiger partial charge in [-0.05, 0) is 26.3 Å². The zero-order chi connectivity index (χ0) is 10.7. The molecule has 3 unspecified atom stereocenters. The fourth-order valence-electron chi connectivity index (χ4n) is 1.98. The number of rotatable bonds is 4. The van der Waals surface area contributed by atoms with Crippen LogP contribution in [0.3, 0.4) is 0 Å². The van der Waals surface area contributed by atoms with Crippen LogP contribution in [0.25, 0.3) is 0 Å². The van der Waals surface area contributed by atoms with Gasteiger partial charge in [-0.25, -0.2) is 0 Å². The van der Waals surface area contributed by atoms with Gasteiger partial charge in [0.15, 0.2) is 0 Å². The summed E-state index contributed by atoms with van der Waals surface area (Å²) in [4.78, 5) is 2.35. The molecule has 1 fully saturated rings. The molecule has 84 valence electrons. The van der Waals surface area contributed by atoms with Crippen molar-refractivity contribution in [3.8, 4) is 0 Å². The molecule has 3 atom stereocenters. The minimum atomic E-state index is 0.271. The first-order chi connectivity index (χ1) is 6.52. The van der Waals surface area contributed by atoms with E-state index in [-0.39, 0.29) is 6.04 Å². The molecule has 3 heteroatoms. The molecule has 0 bridgehead atoms. The zero-order valence-corrected chi connectivity index (χ0v) is 9.86. The summed E-state index contributed by atoms with van der Waals surface area (Å²) < 4.78 is 5.55. The third kappa shape index (κ3) is 2.94. The van der Waals surface area contributed by atoms with Crippen LogP contribution in [-0.2, 0) is 4.74 Å². The van der Waals surface area contributed by atoms with E-state index in [1.165, 1.54) is 0 Å². The summed E-state index contributed by atoms with van der Waals surface area (Å²) >= 11 is 0. The lowest BCUT2D eigenvalue weighted by Crippen LogP contribution is -2.45. The van der Waals surface area contributed by atoms with Crippen molar-refractivity contribution in [3.63, 3.8) is 0 Å². The largest absolute Gasteiger partial charge is 0.377 e. The molecule has 1 aliphatic heterocycles. The predicted octanol–water partition coefficient (Wildman–Crippen LogP) is 1.08. The minimum absolute atomic E-state index is 0.271. The molecular formula is C11H24N2O. The van der Waals surface area contributed by atoms with E-state index >= 15 is 0 Å². The van der Waals surface area contributed by atoms with E-state index < -0.39 is 0 Å². The van der Waals surface area contributed by atoms with Gasteiger partial charge in [-0.2, -0.15) is 0 Å². The van der Waals surface area contributed by atoms with Crippen LogP contribution < -0.4 is 5.73 Å². The Morgan fingerprint density at radius 1 is 1.50 bits per heavy atom. The van der Waals surface area contributed by atoms with E-state index in [4.69, 9.17) is 10.5 Å². The lowest BCUT2D eigenvalue weighted by atomic mass is 10.0. The lowest BCUT2D eigenvalue weighted by molar-refractivity contribution is 0.0801.